The van der Waals surface area contributed by atoms with Crippen LogP contribution in [0.1, 0.15) is 58.6 Å². The summed E-state index contributed by atoms with van der Waals surface area (Å²) in [5, 5.41) is 3.46. The highest BCUT2D eigenvalue weighted by molar-refractivity contribution is 5.39. The fourth-order valence-electron chi connectivity index (χ4n) is 3.68. The molecule has 1 aliphatic carbocycles. The predicted octanol–water partition coefficient (Wildman–Crippen LogP) is 3.13. The first-order chi connectivity index (χ1) is 10.0. The number of anilines is 1. The second-order valence-electron chi connectivity index (χ2n) is 7.56. The zero-order chi connectivity index (χ0) is 14.9. The summed E-state index contributed by atoms with van der Waals surface area (Å²) in [6.07, 6.45) is 10.7. The van der Waals surface area contributed by atoms with Crippen LogP contribution in [-0.4, -0.2) is 28.1 Å². The Kier molecular flexibility index (Phi) is 4.16. The largest absolute Gasteiger partial charge is 0.352 e. The summed E-state index contributed by atoms with van der Waals surface area (Å²) in [5.41, 5.74) is 1.14. The molecule has 4 nitrogen and oxygen atoms in total. The molecular weight excluding hydrogens is 260 g/mol. The Morgan fingerprint density at radius 2 is 1.95 bits per heavy atom. The van der Waals surface area contributed by atoms with E-state index in [-0.39, 0.29) is 5.54 Å². The molecule has 3 rings (SSSR count). The Morgan fingerprint density at radius 1 is 1.14 bits per heavy atom. The van der Waals surface area contributed by atoms with E-state index < -0.39 is 0 Å². The smallest absolute Gasteiger partial charge is 0.147 e. The van der Waals surface area contributed by atoms with Crippen molar-refractivity contribution in [2.45, 2.75) is 71.0 Å². The molecule has 0 aromatic carbocycles. The zero-order valence-corrected chi connectivity index (χ0v) is 13.6. The molecule has 0 radical (unpaired) electrons. The minimum atomic E-state index is 0.115. The number of fused-ring (bicyclic) bond motifs is 1. The number of hydrogen-bond donors (Lipinski definition) is 1. The second kappa shape index (κ2) is 5.91. The van der Waals surface area contributed by atoms with Gasteiger partial charge in [-0.3, -0.25) is 4.98 Å². The summed E-state index contributed by atoms with van der Waals surface area (Å²) in [4.78, 5) is 11.8. The lowest BCUT2D eigenvalue weighted by molar-refractivity contribution is 0.360. The predicted molar refractivity (Wildman–Crippen MR) is 86.3 cm³/mol. The first-order valence-corrected chi connectivity index (χ1v) is 8.35. The van der Waals surface area contributed by atoms with E-state index in [0.717, 1.165) is 30.5 Å². The maximum absolute atomic E-state index is 4.69. The molecule has 1 aromatic heterocycles. The van der Waals surface area contributed by atoms with Crippen molar-refractivity contribution >= 4 is 5.82 Å². The first kappa shape index (κ1) is 14.8. The van der Waals surface area contributed by atoms with Gasteiger partial charge in [-0.25, -0.2) is 4.98 Å². The summed E-state index contributed by atoms with van der Waals surface area (Å²) >= 11 is 0. The van der Waals surface area contributed by atoms with Crippen LogP contribution in [0, 0.1) is 5.92 Å². The lowest BCUT2D eigenvalue weighted by Crippen LogP contribution is -2.43. The molecule has 1 aromatic rings. The standard InChI is InChI=1S/C17H28N4/c1-17(2,3)20-11-14-10-19-16(12-18-14)21-9-5-7-13-6-4-8-15(13)21/h10,12-13,15,20H,4-9,11H2,1-3H3. The SMILES string of the molecule is CC(C)(C)NCc1cnc(N2CCCC3CCCC32)cn1. The van der Waals surface area contributed by atoms with Crippen LogP contribution in [0.3, 0.4) is 0 Å². The van der Waals surface area contributed by atoms with Crippen LogP contribution in [0.15, 0.2) is 12.4 Å². The molecule has 2 fully saturated rings. The first-order valence-electron chi connectivity index (χ1n) is 8.35. The van der Waals surface area contributed by atoms with Gasteiger partial charge in [0.25, 0.3) is 0 Å². The van der Waals surface area contributed by atoms with E-state index in [4.69, 9.17) is 0 Å². The molecule has 2 aliphatic rings. The van der Waals surface area contributed by atoms with Crippen LogP contribution in [-0.2, 0) is 6.54 Å². The Balaban J connectivity index is 1.66. The van der Waals surface area contributed by atoms with E-state index in [0.29, 0.717) is 6.04 Å². The third-order valence-corrected chi connectivity index (χ3v) is 4.78. The third-order valence-electron chi connectivity index (χ3n) is 4.78. The molecule has 116 valence electrons. The van der Waals surface area contributed by atoms with Gasteiger partial charge in [0.1, 0.15) is 5.82 Å². The Bertz CT molecular complexity index is 463. The normalized spacial score (nSPS) is 26.0. The molecule has 0 bridgehead atoms. The van der Waals surface area contributed by atoms with E-state index in [1.807, 2.05) is 12.4 Å². The Morgan fingerprint density at radius 3 is 2.67 bits per heavy atom. The number of piperidine rings is 1. The fourth-order valence-corrected chi connectivity index (χ4v) is 3.68. The van der Waals surface area contributed by atoms with Crippen molar-refractivity contribution < 1.29 is 0 Å². The van der Waals surface area contributed by atoms with Gasteiger partial charge < -0.3 is 10.2 Å². The van der Waals surface area contributed by atoms with Crippen molar-refractivity contribution in [3.63, 3.8) is 0 Å². The van der Waals surface area contributed by atoms with Gasteiger partial charge in [0.15, 0.2) is 0 Å². The van der Waals surface area contributed by atoms with Gasteiger partial charge in [-0.2, -0.15) is 0 Å². The quantitative estimate of drug-likeness (QED) is 0.928. The number of hydrogen-bond acceptors (Lipinski definition) is 4. The number of nitrogens with zero attached hydrogens (tertiary/aromatic N) is 3. The van der Waals surface area contributed by atoms with Crippen molar-refractivity contribution in [3.8, 4) is 0 Å². The third kappa shape index (κ3) is 3.54. The van der Waals surface area contributed by atoms with E-state index >= 15 is 0 Å². The van der Waals surface area contributed by atoms with Crippen molar-refractivity contribution in [2.24, 2.45) is 5.92 Å². The monoisotopic (exact) mass is 288 g/mol. The maximum atomic E-state index is 4.69. The minimum absolute atomic E-state index is 0.115. The lowest BCUT2D eigenvalue weighted by Gasteiger charge is -2.38. The lowest BCUT2D eigenvalue weighted by atomic mass is 9.92. The summed E-state index contributed by atoms with van der Waals surface area (Å²) in [5.74, 6) is 1.97. The summed E-state index contributed by atoms with van der Waals surface area (Å²) < 4.78 is 0. The molecule has 4 heteroatoms. The van der Waals surface area contributed by atoms with Crippen molar-refractivity contribution in [3.05, 3.63) is 18.1 Å². The van der Waals surface area contributed by atoms with Gasteiger partial charge in [0.05, 0.1) is 18.1 Å². The highest BCUT2D eigenvalue weighted by atomic mass is 15.2. The minimum Gasteiger partial charge on any atom is -0.352 e. The molecule has 1 saturated carbocycles. The molecule has 21 heavy (non-hydrogen) atoms. The average Bonchev–Trinajstić information content (AvgIpc) is 2.93. The molecule has 2 unspecified atom stereocenters. The van der Waals surface area contributed by atoms with E-state index in [9.17, 15) is 0 Å². The van der Waals surface area contributed by atoms with Gasteiger partial charge >= 0.3 is 0 Å². The van der Waals surface area contributed by atoms with Crippen molar-refractivity contribution in [2.75, 3.05) is 11.4 Å². The zero-order valence-electron chi connectivity index (χ0n) is 13.6. The van der Waals surface area contributed by atoms with E-state index in [2.05, 4.69) is 41.0 Å². The topological polar surface area (TPSA) is 41.1 Å². The van der Waals surface area contributed by atoms with Crippen LogP contribution in [0.5, 0.6) is 0 Å². The fraction of sp³-hybridized carbons (Fsp3) is 0.765. The molecule has 2 heterocycles. The maximum Gasteiger partial charge on any atom is 0.147 e. The summed E-state index contributed by atoms with van der Waals surface area (Å²) in [6, 6.07) is 0.714. The summed E-state index contributed by atoms with van der Waals surface area (Å²) in [7, 11) is 0. The van der Waals surface area contributed by atoms with Gasteiger partial charge in [0, 0.05) is 24.7 Å². The van der Waals surface area contributed by atoms with Gasteiger partial charge in [-0.15, -0.1) is 0 Å². The molecule has 1 aliphatic heterocycles. The highest BCUT2D eigenvalue weighted by Gasteiger charge is 2.35. The number of aromatic nitrogens is 2. The van der Waals surface area contributed by atoms with Crippen LogP contribution in [0.2, 0.25) is 0 Å². The van der Waals surface area contributed by atoms with Gasteiger partial charge in [0.2, 0.25) is 0 Å². The molecular formula is C17H28N4. The average molecular weight is 288 g/mol. The van der Waals surface area contributed by atoms with Gasteiger partial charge in [-0.05, 0) is 52.4 Å². The number of nitrogens with one attached hydrogen (secondary N) is 1. The Labute approximate surface area is 128 Å². The van der Waals surface area contributed by atoms with E-state index in [1.165, 1.54) is 32.1 Å². The Hall–Kier alpha value is -1.16. The molecule has 1 N–H and O–H groups in total. The van der Waals surface area contributed by atoms with Crippen molar-refractivity contribution in [1.29, 1.82) is 0 Å². The molecule has 0 amide bonds. The van der Waals surface area contributed by atoms with Crippen molar-refractivity contribution in [1.82, 2.24) is 15.3 Å². The van der Waals surface area contributed by atoms with Crippen LogP contribution in [0.25, 0.3) is 0 Å². The highest BCUT2D eigenvalue weighted by Crippen LogP contribution is 2.38. The number of rotatable bonds is 3. The van der Waals surface area contributed by atoms with E-state index in [1.54, 1.807) is 0 Å². The van der Waals surface area contributed by atoms with Crippen LogP contribution < -0.4 is 10.2 Å². The van der Waals surface area contributed by atoms with Crippen LogP contribution in [0.4, 0.5) is 5.82 Å². The summed E-state index contributed by atoms with van der Waals surface area (Å²) in [6.45, 7) is 8.44. The molecule has 2 atom stereocenters. The van der Waals surface area contributed by atoms with Gasteiger partial charge in [-0.1, -0.05) is 6.42 Å². The molecule has 1 saturated heterocycles. The molecule has 0 spiro atoms. The van der Waals surface area contributed by atoms with Crippen LogP contribution >= 0.6 is 0 Å². The second-order valence-corrected chi connectivity index (χ2v) is 7.56.